The highest BCUT2D eigenvalue weighted by molar-refractivity contribution is 7.98. The number of anilines is 1. The molecule has 0 radical (unpaired) electrons. The third kappa shape index (κ3) is 6.62. The molecule has 2 rings (SSSR count). The minimum atomic E-state index is -0.119. The summed E-state index contributed by atoms with van der Waals surface area (Å²) >= 11 is 1.58. The SMILES string of the molecule is COc1ccccc1CNC(=O)C[NH+](C)CC(=O)Nc1ccccc1SC. The van der Waals surface area contributed by atoms with Crippen molar-refractivity contribution in [1.29, 1.82) is 0 Å². The van der Waals surface area contributed by atoms with Gasteiger partial charge in [-0.25, -0.2) is 0 Å². The molecular weight excluding hydrogens is 362 g/mol. The van der Waals surface area contributed by atoms with Crippen molar-refractivity contribution >= 4 is 29.3 Å². The summed E-state index contributed by atoms with van der Waals surface area (Å²) in [5.74, 6) is 0.507. The summed E-state index contributed by atoms with van der Waals surface area (Å²) in [5.41, 5.74) is 1.71. The molecular formula is C20H26N3O3S+. The van der Waals surface area contributed by atoms with Crippen LogP contribution in [0.4, 0.5) is 5.69 Å². The standard InChI is InChI=1S/C20H25N3O3S/c1-23(14-20(25)22-16-9-5-7-11-18(16)27-3)13-19(24)21-12-15-8-4-6-10-17(15)26-2/h4-11H,12-14H2,1-3H3,(H,21,24)(H,22,25)/p+1. The number of benzene rings is 2. The highest BCUT2D eigenvalue weighted by Gasteiger charge is 2.15. The highest BCUT2D eigenvalue weighted by Crippen LogP contribution is 2.24. The van der Waals surface area contributed by atoms with Crippen molar-refractivity contribution in [2.24, 2.45) is 0 Å². The summed E-state index contributed by atoms with van der Waals surface area (Å²) in [7, 11) is 3.43. The van der Waals surface area contributed by atoms with Crippen molar-refractivity contribution in [3.05, 3.63) is 54.1 Å². The lowest BCUT2D eigenvalue weighted by atomic mass is 10.2. The van der Waals surface area contributed by atoms with Crippen molar-refractivity contribution < 1.29 is 19.2 Å². The van der Waals surface area contributed by atoms with Gasteiger partial charge in [-0.3, -0.25) is 9.59 Å². The Morgan fingerprint density at radius 1 is 1.04 bits per heavy atom. The first-order valence-corrected chi connectivity index (χ1v) is 9.88. The summed E-state index contributed by atoms with van der Waals surface area (Å²) in [6, 6.07) is 15.2. The van der Waals surface area contributed by atoms with Crippen molar-refractivity contribution in [3.8, 4) is 5.75 Å². The van der Waals surface area contributed by atoms with Crippen molar-refractivity contribution in [1.82, 2.24) is 5.32 Å². The zero-order valence-electron chi connectivity index (χ0n) is 15.9. The molecule has 2 amide bonds. The summed E-state index contributed by atoms with van der Waals surface area (Å²) in [6.07, 6.45) is 1.97. The maximum atomic E-state index is 12.2. The quantitative estimate of drug-likeness (QED) is 0.564. The molecule has 0 aromatic heterocycles. The molecule has 0 saturated heterocycles. The smallest absolute Gasteiger partial charge is 0.279 e. The van der Waals surface area contributed by atoms with Gasteiger partial charge in [0.05, 0.1) is 19.8 Å². The number of methoxy groups -OCH3 is 1. The predicted octanol–water partition coefficient (Wildman–Crippen LogP) is 1.19. The summed E-state index contributed by atoms with van der Waals surface area (Å²) in [4.78, 5) is 26.2. The average molecular weight is 389 g/mol. The Morgan fingerprint density at radius 2 is 1.70 bits per heavy atom. The molecule has 0 heterocycles. The van der Waals surface area contributed by atoms with E-state index in [4.69, 9.17) is 4.74 Å². The first-order chi connectivity index (χ1) is 13.0. The van der Waals surface area contributed by atoms with Gasteiger partial charge in [0.2, 0.25) is 0 Å². The fourth-order valence-electron chi connectivity index (χ4n) is 2.66. The van der Waals surface area contributed by atoms with Gasteiger partial charge in [-0.05, 0) is 24.5 Å². The van der Waals surface area contributed by atoms with E-state index in [2.05, 4.69) is 10.6 Å². The molecule has 0 fully saturated rings. The van der Waals surface area contributed by atoms with Gasteiger partial charge in [0.1, 0.15) is 5.75 Å². The van der Waals surface area contributed by atoms with Gasteiger partial charge >= 0.3 is 0 Å². The fourth-order valence-corrected chi connectivity index (χ4v) is 3.21. The minimum Gasteiger partial charge on any atom is -0.496 e. The molecule has 1 unspecified atom stereocenters. The first kappa shape index (κ1) is 20.8. The Morgan fingerprint density at radius 3 is 2.44 bits per heavy atom. The Bertz CT molecular complexity index is 783. The van der Waals surface area contributed by atoms with Gasteiger partial charge < -0.3 is 20.3 Å². The number of nitrogens with one attached hydrogen (secondary N) is 3. The lowest BCUT2D eigenvalue weighted by Crippen LogP contribution is -3.11. The lowest BCUT2D eigenvalue weighted by Gasteiger charge is -2.15. The largest absolute Gasteiger partial charge is 0.496 e. The van der Waals surface area contributed by atoms with E-state index in [0.717, 1.165) is 26.8 Å². The molecule has 144 valence electrons. The Kier molecular flexibility index (Phi) is 8.16. The third-order valence-electron chi connectivity index (χ3n) is 3.97. The third-order valence-corrected chi connectivity index (χ3v) is 4.77. The van der Waals surface area contributed by atoms with Crippen LogP contribution >= 0.6 is 11.8 Å². The van der Waals surface area contributed by atoms with Crippen LogP contribution in [0, 0.1) is 0 Å². The van der Waals surface area contributed by atoms with E-state index in [0.29, 0.717) is 6.54 Å². The second kappa shape index (κ2) is 10.6. The highest BCUT2D eigenvalue weighted by atomic mass is 32.2. The number of carbonyl (C=O) groups is 2. The predicted molar refractivity (Wildman–Crippen MR) is 108 cm³/mol. The molecule has 6 nitrogen and oxygen atoms in total. The number of hydrogen-bond donors (Lipinski definition) is 3. The van der Waals surface area contributed by atoms with Gasteiger partial charge in [-0.2, -0.15) is 0 Å². The summed E-state index contributed by atoms with van der Waals surface area (Å²) < 4.78 is 5.28. The molecule has 2 aromatic carbocycles. The number of ether oxygens (including phenoxy) is 1. The molecule has 3 N–H and O–H groups in total. The molecule has 0 bridgehead atoms. The van der Waals surface area contributed by atoms with Gasteiger partial charge in [-0.1, -0.05) is 30.3 Å². The van der Waals surface area contributed by atoms with Crippen LogP contribution in [0.2, 0.25) is 0 Å². The van der Waals surface area contributed by atoms with Crippen LogP contribution in [0.3, 0.4) is 0 Å². The fraction of sp³-hybridized carbons (Fsp3) is 0.300. The number of rotatable bonds is 9. The summed E-state index contributed by atoms with van der Waals surface area (Å²) in [6.45, 7) is 0.820. The number of quaternary nitrogens is 1. The van der Waals surface area contributed by atoms with E-state index >= 15 is 0 Å². The lowest BCUT2D eigenvalue weighted by molar-refractivity contribution is -0.862. The number of para-hydroxylation sites is 2. The van der Waals surface area contributed by atoms with E-state index < -0.39 is 0 Å². The second-order valence-corrected chi connectivity index (χ2v) is 7.00. The summed E-state index contributed by atoms with van der Waals surface area (Å²) in [5, 5.41) is 5.78. The Balaban J connectivity index is 1.79. The van der Waals surface area contributed by atoms with Gasteiger partial charge in [0, 0.05) is 17.0 Å². The second-order valence-electron chi connectivity index (χ2n) is 6.15. The van der Waals surface area contributed by atoms with Crippen molar-refractivity contribution in [2.75, 3.05) is 38.8 Å². The zero-order valence-corrected chi connectivity index (χ0v) is 16.7. The first-order valence-electron chi connectivity index (χ1n) is 8.66. The zero-order chi connectivity index (χ0) is 19.6. The normalized spacial score (nSPS) is 11.5. The van der Waals surface area contributed by atoms with Crippen LogP contribution in [-0.2, 0) is 16.1 Å². The van der Waals surface area contributed by atoms with E-state index in [1.165, 1.54) is 0 Å². The van der Waals surface area contributed by atoms with Crippen LogP contribution in [0.15, 0.2) is 53.4 Å². The average Bonchev–Trinajstić information content (AvgIpc) is 2.66. The minimum absolute atomic E-state index is 0.115. The molecule has 1 atom stereocenters. The van der Waals surface area contributed by atoms with Crippen LogP contribution in [0.1, 0.15) is 5.56 Å². The van der Waals surface area contributed by atoms with Crippen LogP contribution in [0.25, 0.3) is 0 Å². The molecule has 0 aliphatic heterocycles. The van der Waals surface area contributed by atoms with Crippen LogP contribution in [-0.4, -0.2) is 45.3 Å². The number of carbonyl (C=O) groups excluding carboxylic acids is 2. The molecule has 2 aromatic rings. The van der Waals surface area contributed by atoms with Gasteiger partial charge in [-0.15, -0.1) is 11.8 Å². The Hall–Kier alpha value is -2.51. The molecule has 7 heteroatoms. The number of hydrogen-bond acceptors (Lipinski definition) is 4. The van der Waals surface area contributed by atoms with Gasteiger partial charge in [0.15, 0.2) is 13.1 Å². The molecule has 27 heavy (non-hydrogen) atoms. The molecule has 0 saturated carbocycles. The van der Waals surface area contributed by atoms with E-state index in [-0.39, 0.29) is 24.9 Å². The molecule has 0 aliphatic carbocycles. The number of thioether (sulfide) groups is 1. The van der Waals surface area contributed by atoms with E-state index in [1.807, 2.05) is 61.8 Å². The van der Waals surface area contributed by atoms with Gasteiger partial charge in [0.25, 0.3) is 11.8 Å². The van der Waals surface area contributed by atoms with E-state index in [1.54, 1.807) is 18.9 Å². The molecule has 0 spiro atoms. The topological polar surface area (TPSA) is 71.9 Å². The van der Waals surface area contributed by atoms with E-state index in [9.17, 15) is 9.59 Å². The molecule has 0 aliphatic rings. The van der Waals surface area contributed by atoms with Crippen molar-refractivity contribution in [2.45, 2.75) is 11.4 Å². The number of amides is 2. The van der Waals surface area contributed by atoms with Crippen molar-refractivity contribution in [3.63, 3.8) is 0 Å². The maximum Gasteiger partial charge on any atom is 0.279 e. The van der Waals surface area contributed by atoms with Crippen LogP contribution in [0.5, 0.6) is 5.75 Å². The maximum absolute atomic E-state index is 12.2. The Labute approximate surface area is 164 Å². The van der Waals surface area contributed by atoms with Crippen LogP contribution < -0.4 is 20.3 Å². The number of likely N-dealkylation sites (N-methyl/N-ethyl adjacent to an activating group) is 1. The monoisotopic (exact) mass is 388 g/mol.